The smallest absolute Gasteiger partial charge is 0.243 e. The van der Waals surface area contributed by atoms with Crippen molar-refractivity contribution in [2.45, 2.75) is 24.8 Å². The summed E-state index contributed by atoms with van der Waals surface area (Å²) in [5.41, 5.74) is 1.07. The van der Waals surface area contributed by atoms with E-state index in [1.54, 1.807) is 16.4 Å². The molecule has 0 bridgehead atoms. The molecule has 0 radical (unpaired) electrons. The van der Waals surface area contributed by atoms with Gasteiger partial charge in [-0.3, -0.25) is 0 Å². The zero-order chi connectivity index (χ0) is 15.0. The van der Waals surface area contributed by atoms with E-state index in [2.05, 4.69) is 23.7 Å². The maximum absolute atomic E-state index is 12.7. The van der Waals surface area contributed by atoms with Crippen molar-refractivity contribution in [2.75, 3.05) is 26.2 Å². The molecule has 0 amide bonds. The van der Waals surface area contributed by atoms with Gasteiger partial charge < -0.3 is 9.88 Å². The van der Waals surface area contributed by atoms with Gasteiger partial charge in [0.1, 0.15) is 0 Å². The highest BCUT2D eigenvalue weighted by Crippen LogP contribution is 2.25. The monoisotopic (exact) mass is 307 g/mol. The normalized spacial score (nSPS) is 17.7. The summed E-state index contributed by atoms with van der Waals surface area (Å²) >= 11 is 0. The number of fused-ring (bicyclic) bond motifs is 1. The molecule has 0 saturated carbocycles. The van der Waals surface area contributed by atoms with E-state index in [4.69, 9.17) is 0 Å². The van der Waals surface area contributed by atoms with Gasteiger partial charge in [-0.1, -0.05) is 0 Å². The molecule has 114 valence electrons. The van der Waals surface area contributed by atoms with E-state index in [0.717, 1.165) is 10.9 Å². The molecule has 3 rings (SSSR count). The Morgan fingerprint density at radius 1 is 1.14 bits per heavy atom. The Hall–Kier alpha value is -1.37. The van der Waals surface area contributed by atoms with Crippen molar-refractivity contribution in [1.82, 2.24) is 14.2 Å². The van der Waals surface area contributed by atoms with Gasteiger partial charge in [0, 0.05) is 49.3 Å². The van der Waals surface area contributed by atoms with E-state index < -0.39 is 10.0 Å². The average molecular weight is 307 g/mol. The molecule has 2 heterocycles. The maximum Gasteiger partial charge on any atom is 0.243 e. The first kappa shape index (κ1) is 14.6. The van der Waals surface area contributed by atoms with Gasteiger partial charge in [0.15, 0.2) is 0 Å². The highest BCUT2D eigenvalue weighted by Gasteiger charge is 2.26. The molecule has 1 aliphatic rings. The molecule has 0 spiro atoms. The third-order valence-corrected chi connectivity index (χ3v) is 5.86. The fourth-order valence-electron chi connectivity index (χ4n) is 2.79. The topological polar surface area (TPSA) is 54.3 Å². The van der Waals surface area contributed by atoms with Crippen LogP contribution in [0.4, 0.5) is 0 Å². The molecule has 0 atom stereocenters. The lowest BCUT2D eigenvalue weighted by molar-refractivity contribution is 0.360. The summed E-state index contributed by atoms with van der Waals surface area (Å²) in [5, 5.41) is 4.15. The third-order valence-electron chi connectivity index (χ3n) is 3.96. The van der Waals surface area contributed by atoms with E-state index in [9.17, 15) is 8.42 Å². The number of rotatable bonds is 3. The molecule has 5 nitrogen and oxygen atoms in total. The van der Waals surface area contributed by atoms with Gasteiger partial charge in [-0.25, -0.2) is 8.42 Å². The summed E-state index contributed by atoms with van der Waals surface area (Å²) in [5.74, 6) is 0. The number of nitrogens with zero attached hydrogens (tertiary/aromatic N) is 2. The first-order valence-electron chi connectivity index (χ1n) is 7.31. The highest BCUT2D eigenvalue weighted by atomic mass is 32.2. The Labute approximate surface area is 125 Å². The number of benzene rings is 1. The van der Waals surface area contributed by atoms with E-state index in [1.165, 1.54) is 0 Å². The highest BCUT2D eigenvalue weighted by molar-refractivity contribution is 7.89. The predicted octanol–water partition coefficient (Wildman–Crippen LogP) is 1.82. The Kier molecular flexibility index (Phi) is 3.77. The molecular weight excluding hydrogens is 286 g/mol. The van der Waals surface area contributed by atoms with Crippen LogP contribution in [0.1, 0.15) is 19.9 Å². The maximum atomic E-state index is 12.7. The molecule has 0 aliphatic carbocycles. The number of sulfonamides is 1. The van der Waals surface area contributed by atoms with Crippen LogP contribution in [0, 0.1) is 0 Å². The average Bonchev–Trinajstić information content (AvgIpc) is 2.91. The van der Waals surface area contributed by atoms with E-state index in [-0.39, 0.29) is 0 Å². The molecule has 1 fully saturated rings. The zero-order valence-electron chi connectivity index (χ0n) is 12.4. The Morgan fingerprint density at radius 3 is 2.52 bits per heavy atom. The Balaban J connectivity index is 2.01. The summed E-state index contributed by atoms with van der Waals surface area (Å²) in [6.45, 7) is 6.73. The molecular formula is C15H21N3O2S. The van der Waals surface area contributed by atoms with Crippen molar-refractivity contribution in [1.29, 1.82) is 0 Å². The first-order valence-corrected chi connectivity index (χ1v) is 8.75. The summed E-state index contributed by atoms with van der Waals surface area (Å²) in [7, 11) is -3.38. The zero-order valence-corrected chi connectivity index (χ0v) is 13.2. The van der Waals surface area contributed by atoms with Crippen LogP contribution < -0.4 is 5.32 Å². The summed E-state index contributed by atoms with van der Waals surface area (Å²) in [6.07, 6.45) is 2.01. The SMILES string of the molecule is CC(C)n1ccc2cc(S(=O)(=O)N3CCNCC3)ccc21. The van der Waals surface area contributed by atoms with Gasteiger partial charge >= 0.3 is 0 Å². The molecule has 1 aliphatic heterocycles. The minimum Gasteiger partial charge on any atom is -0.345 e. The molecule has 6 heteroatoms. The van der Waals surface area contributed by atoms with Crippen LogP contribution in [0.15, 0.2) is 35.4 Å². The van der Waals surface area contributed by atoms with E-state index >= 15 is 0 Å². The predicted molar refractivity (Wildman–Crippen MR) is 84.0 cm³/mol. The second kappa shape index (κ2) is 5.44. The number of nitrogens with one attached hydrogen (secondary N) is 1. The summed E-state index contributed by atoms with van der Waals surface area (Å²) in [4.78, 5) is 0.387. The van der Waals surface area contributed by atoms with Crippen LogP contribution in [0.3, 0.4) is 0 Å². The second-order valence-corrected chi connectivity index (χ2v) is 7.63. The summed E-state index contributed by atoms with van der Waals surface area (Å²) < 4.78 is 29.0. The largest absolute Gasteiger partial charge is 0.345 e. The second-order valence-electron chi connectivity index (χ2n) is 5.69. The van der Waals surface area contributed by atoms with Crippen LogP contribution >= 0.6 is 0 Å². The van der Waals surface area contributed by atoms with Gasteiger partial charge in [0.05, 0.1) is 4.90 Å². The molecule has 1 aromatic heterocycles. The van der Waals surface area contributed by atoms with Gasteiger partial charge in [-0.15, -0.1) is 0 Å². The fraction of sp³-hybridized carbons (Fsp3) is 0.467. The quantitative estimate of drug-likeness (QED) is 0.941. The Morgan fingerprint density at radius 2 is 1.86 bits per heavy atom. The van der Waals surface area contributed by atoms with Gasteiger partial charge in [-0.2, -0.15) is 4.31 Å². The van der Waals surface area contributed by atoms with Gasteiger partial charge in [0.2, 0.25) is 10.0 Å². The van der Waals surface area contributed by atoms with Crippen molar-refractivity contribution in [3.8, 4) is 0 Å². The van der Waals surface area contributed by atoms with Crippen LogP contribution in [0.5, 0.6) is 0 Å². The lowest BCUT2D eigenvalue weighted by Gasteiger charge is -2.26. The number of hydrogen-bond acceptors (Lipinski definition) is 3. The standard InChI is InChI=1S/C15H21N3O2S/c1-12(2)18-8-5-13-11-14(3-4-15(13)18)21(19,20)17-9-6-16-7-10-17/h3-5,8,11-12,16H,6-7,9-10H2,1-2H3. The molecule has 21 heavy (non-hydrogen) atoms. The van der Waals surface area contributed by atoms with Crippen LogP contribution in [0.2, 0.25) is 0 Å². The van der Waals surface area contributed by atoms with Crippen LogP contribution in [-0.2, 0) is 10.0 Å². The minimum absolute atomic E-state index is 0.359. The van der Waals surface area contributed by atoms with Gasteiger partial charge in [0.25, 0.3) is 0 Å². The molecule has 1 N–H and O–H groups in total. The van der Waals surface area contributed by atoms with Crippen molar-refractivity contribution in [3.05, 3.63) is 30.5 Å². The van der Waals surface area contributed by atoms with Crippen LogP contribution in [0.25, 0.3) is 10.9 Å². The third kappa shape index (κ3) is 2.59. The first-order chi connectivity index (χ1) is 10.00. The number of hydrogen-bond donors (Lipinski definition) is 1. The molecule has 1 saturated heterocycles. The lowest BCUT2D eigenvalue weighted by Crippen LogP contribution is -2.46. The molecule has 0 unspecified atom stereocenters. The van der Waals surface area contributed by atoms with Crippen molar-refractivity contribution in [3.63, 3.8) is 0 Å². The summed E-state index contributed by atoms with van der Waals surface area (Å²) in [6, 6.07) is 7.75. The molecule has 1 aromatic carbocycles. The van der Waals surface area contributed by atoms with Crippen molar-refractivity contribution >= 4 is 20.9 Å². The van der Waals surface area contributed by atoms with Crippen molar-refractivity contribution in [2.24, 2.45) is 0 Å². The van der Waals surface area contributed by atoms with Gasteiger partial charge in [-0.05, 0) is 38.1 Å². The van der Waals surface area contributed by atoms with E-state index in [1.807, 2.05) is 18.3 Å². The minimum atomic E-state index is -3.38. The number of aromatic nitrogens is 1. The Bertz CT molecular complexity index is 743. The fourth-order valence-corrected chi connectivity index (χ4v) is 4.26. The van der Waals surface area contributed by atoms with E-state index in [0.29, 0.717) is 37.1 Å². The molecule has 2 aromatic rings. The van der Waals surface area contributed by atoms with Crippen LogP contribution in [-0.4, -0.2) is 43.5 Å². The lowest BCUT2D eigenvalue weighted by atomic mass is 10.2. The number of piperazine rings is 1. The van der Waals surface area contributed by atoms with Crippen molar-refractivity contribution < 1.29 is 8.42 Å².